The monoisotopic (exact) mass is 428 g/mol. The zero-order valence-electron chi connectivity index (χ0n) is 14.9. The summed E-state index contributed by atoms with van der Waals surface area (Å²) in [4.78, 5) is 16.7. The molecule has 5 nitrogen and oxygen atoms in total. The minimum Gasteiger partial charge on any atom is -0.454 e. The molecule has 0 N–H and O–H groups in total. The zero-order valence-corrected chi connectivity index (χ0v) is 16.5. The van der Waals surface area contributed by atoms with Gasteiger partial charge in [0.2, 0.25) is 12.7 Å². The molecule has 4 rings (SSSR count). The molecule has 2 aromatic rings. The molecule has 0 atom stereocenters. The van der Waals surface area contributed by atoms with Gasteiger partial charge < -0.3 is 14.4 Å². The van der Waals surface area contributed by atoms with E-state index in [1.807, 2.05) is 47.4 Å². The van der Waals surface area contributed by atoms with E-state index in [1.54, 1.807) is 6.08 Å². The Morgan fingerprint density at radius 1 is 1.00 bits per heavy atom. The SMILES string of the molecule is O=C(C=Cc1ccc(Br)cc1)N1CCN(Cc2ccc3c(c2)OCO3)CC1. The highest BCUT2D eigenvalue weighted by Crippen LogP contribution is 2.32. The third-order valence-electron chi connectivity index (χ3n) is 4.82. The number of rotatable bonds is 4. The van der Waals surface area contributed by atoms with Crippen LogP contribution in [0.1, 0.15) is 11.1 Å². The van der Waals surface area contributed by atoms with Crippen molar-refractivity contribution in [1.82, 2.24) is 9.80 Å². The summed E-state index contributed by atoms with van der Waals surface area (Å²) < 4.78 is 11.8. The molecule has 2 aliphatic rings. The van der Waals surface area contributed by atoms with Crippen LogP contribution >= 0.6 is 15.9 Å². The Balaban J connectivity index is 1.28. The number of fused-ring (bicyclic) bond motifs is 1. The Morgan fingerprint density at radius 3 is 2.52 bits per heavy atom. The van der Waals surface area contributed by atoms with Gasteiger partial charge in [0.05, 0.1) is 0 Å². The summed E-state index contributed by atoms with van der Waals surface area (Å²) in [5.74, 6) is 1.70. The second-order valence-electron chi connectivity index (χ2n) is 6.67. The normalized spacial score (nSPS) is 16.9. The molecule has 140 valence electrons. The highest BCUT2D eigenvalue weighted by atomic mass is 79.9. The molecular formula is C21H21BrN2O3. The summed E-state index contributed by atoms with van der Waals surface area (Å²) in [6.07, 6.45) is 3.53. The summed E-state index contributed by atoms with van der Waals surface area (Å²) in [6.45, 7) is 4.38. The third kappa shape index (κ3) is 4.51. The Bertz CT molecular complexity index is 843. The molecule has 6 heteroatoms. The van der Waals surface area contributed by atoms with Crippen molar-refractivity contribution in [3.8, 4) is 11.5 Å². The van der Waals surface area contributed by atoms with E-state index >= 15 is 0 Å². The van der Waals surface area contributed by atoms with Gasteiger partial charge in [-0.15, -0.1) is 0 Å². The number of benzene rings is 2. The highest BCUT2D eigenvalue weighted by molar-refractivity contribution is 9.10. The third-order valence-corrected chi connectivity index (χ3v) is 5.34. The molecule has 0 radical (unpaired) electrons. The standard InChI is InChI=1S/C21H21BrN2O3/c22-18-5-1-16(2-6-18)4-8-21(25)24-11-9-23(10-12-24)14-17-3-7-19-20(13-17)27-15-26-19/h1-8,13H,9-12,14-15H2. The highest BCUT2D eigenvalue weighted by Gasteiger charge is 2.20. The first kappa shape index (κ1) is 18.1. The van der Waals surface area contributed by atoms with Crippen LogP contribution in [0.2, 0.25) is 0 Å². The van der Waals surface area contributed by atoms with Crippen LogP contribution in [0.25, 0.3) is 6.08 Å². The van der Waals surface area contributed by atoms with Crippen molar-refractivity contribution in [2.75, 3.05) is 33.0 Å². The topological polar surface area (TPSA) is 42.0 Å². The van der Waals surface area contributed by atoms with Crippen LogP contribution in [0.3, 0.4) is 0 Å². The number of carbonyl (C=O) groups is 1. The van der Waals surface area contributed by atoms with E-state index < -0.39 is 0 Å². The van der Waals surface area contributed by atoms with Gasteiger partial charge in [0.25, 0.3) is 0 Å². The van der Waals surface area contributed by atoms with Crippen molar-refractivity contribution in [1.29, 1.82) is 0 Å². The van der Waals surface area contributed by atoms with Crippen LogP contribution < -0.4 is 9.47 Å². The average molecular weight is 429 g/mol. The Kier molecular flexibility index (Phi) is 5.45. The van der Waals surface area contributed by atoms with E-state index in [4.69, 9.17) is 9.47 Å². The van der Waals surface area contributed by atoms with Gasteiger partial charge in [-0.2, -0.15) is 0 Å². The van der Waals surface area contributed by atoms with Gasteiger partial charge in [0.1, 0.15) is 0 Å². The second kappa shape index (κ2) is 8.15. The van der Waals surface area contributed by atoms with E-state index in [9.17, 15) is 4.79 Å². The molecule has 0 unspecified atom stereocenters. The predicted molar refractivity (Wildman–Crippen MR) is 108 cm³/mol. The van der Waals surface area contributed by atoms with Gasteiger partial charge in [0.15, 0.2) is 11.5 Å². The molecule has 2 heterocycles. The molecule has 1 fully saturated rings. The molecule has 1 saturated heterocycles. The van der Waals surface area contributed by atoms with Crippen molar-refractivity contribution in [2.45, 2.75) is 6.54 Å². The number of piperazine rings is 1. The van der Waals surface area contributed by atoms with Crippen molar-refractivity contribution in [2.24, 2.45) is 0 Å². The Labute approximate surface area is 167 Å². The van der Waals surface area contributed by atoms with Gasteiger partial charge in [-0.25, -0.2) is 0 Å². The van der Waals surface area contributed by atoms with Crippen LogP contribution in [-0.4, -0.2) is 48.7 Å². The lowest BCUT2D eigenvalue weighted by atomic mass is 10.1. The smallest absolute Gasteiger partial charge is 0.246 e. The van der Waals surface area contributed by atoms with Crippen LogP contribution in [0, 0.1) is 0 Å². The number of nitrogens with zero attached hydrogens (tertiary/aromatic N) is 2. The molecule has 2 aromatic carbocycles. The van der Waals surface area contributed by atoms with Crippen LogP contribution in [0.4, 0.5) is 0 Å². The first-order chi connectivity index (χ1) is 13.2. The van der Waals surface area contributed by atoms with Crippen LogP contribution in [0.5, 0.6) is 11.5 Å². The molecule has 0 aliphatic carbocycles. The van der Waals surface area contributed by atoms with Crippen molar-refractivity contribution in [3.63, 3.8) is 0 Å². The molecule has 0 bridgehead atoms. The maximum atomic E-state index is 12.4. The predicted octanol–water partition coefficient (Wildman–Crippen LogP) is 3.54. The average Bonchev–Trinajstić information content (AvgIpc) is 3.16. The molecule has 0 saturated carbocycles. The number of ether oxygens (including phenoxy) is 2. The van der Waals surface area contributed by atoms with Crippen molar-refractivity contribution < 1.29 is 14.3 Å². The van der Waals surface area contributed by atoms with E-state index in [0.717, 1.165) is 54.3 Å². The van der Waals surface area contributed by atoms with Gasteiger partial charge in [-0.3, -0.25) is 9.69 Å². The van der Waals surface area contributed by atoms with Crippen molar-refractivity contribution >= 4 is 27.9 Å². The summed E-state index contributed by atoms with van der Waals surface area (Å²) in [7, 11) is 0. The molecule has 2 aliphatic heterocycles. The van der Waals surface area contributed by atoms with Gasteiger partial charge >= 0.3 is 0 Å². The molecule has 0 aromatic heterocycles. The first-order valence-corrected chi connectivity index (χ1v) is 9.80. The number of hydrogen-bond acceptors (Lipinski definition) is 4. The summed E-state index contributed by atoms with van der Waals surface area (Å²) in [5, 5.41) is 0. The van der Waals surface area contributed by atoms with E-state index in [-0.39, 0.29) is 5.91 Å². The van der Waals surface area contributed by atoms with Crippen LogP contribution in [0.15, 0.2) is 53.0 Å². The lowest BCUT2D eigenvalue weighted by molar-refractivity contribution is -0.127. The number of halogens is 1. The molecule has 1 amide bonds. The maximum absolute atomic E-state index is 12.4. The fourth-order valence-corrected chi connectivity index (χ4v) is 3.54. The minimum atomic E-state index is 0.0700. The van der Waals surface area contributed by atoms with Crippen molar-refractivity contribution in [3.05, 3.63) is 64.1 Å². The summed E-state index contributed by atoms with van der Waals surface area (Å²) in [6, 6.07) is 14.0. The summed E-state index contributed by atoms with van der Waals surface area (Å²) >= 11 is 3.41. The van der Waals surface area contributed by atoms with E-state index in [2.05, 4.69) is 26.9 Å². The van der Waals surface area contributed by atoms with E-state index in [0.29, 0.717) is 6.79 Å². The summed E-state index contributed by atoms with van der Waals surface area (Å²) in [5.41, 5.74) is 2.22. The fourth-order valence-electron chi connectivity index (χ4n) is 3.27. The van der Waals surface area contributed by atoms with Gasteiger partial charge in [0, 0.05) is 43.3 Å². The lowest BCUT2D eigenvalue weighted by Gasteiger charge is -2.34. The number of amides is 1. The molecule has 0 spiro atoms. The minimum absolute atomic E-state index is 0.0700. The van der Waals surface area contributed by atoms with Crippen LogP contribution in [-0.2, 0) is 11.3 Å². The maximum Gasteiger partial charge on any atom is 0.246 e. The lowest BCUT2D eigenvalue weighted by Crippen LogP contribution is -2.47. The van der Waals surface area contributed by atoms with Gasteiger partial charge in [-0.05, 0) is 41.5 Å². The van der Waals surface area contributed by atoms with E-state index in [1.165, 1.54) is 5.56 Å². The molecule has 27 heavy (non-hydrogen) atoms. The number of carbonyl (C=O) groups excluding carboxylic acids is 1. The Morgan fingerprint density at radius 2 is 1.74 bits per heavy atom. The molecular weight excluding hydrogens is 408 g/mol. The Hall–Kier alpha value is -2.31. The quantitative estimate of drug-likeness (QED) is 0.698. The fraction of sp³-hybridized carbons (Fsp3) is 0.286. The second-order valence-corrected chi connectivity index (χ2v) is 7.59. The number of hydrogen-bond donors (Lipinski definition) is 0. The zero-order chi connectivity index (χ0) is 18.6. The largest absolute Gasteiger partial charge is 0.454 e. The van der Waals surface area contributed by atoms with Gasteiger partial charge in [-0.1, -0.05) is 34.1 Å². The first-order valence-electron chi connectivity index (χ1n) is 9.01.